The number of allylic oxidation sites excluding steroid dienone is 2. The van der Waals surface area contributed by atoms with E-state index in [0.29, 0.717) is 38.5 Å². The van der Waals surface area contributed by atoms with E-state index in [-0.39, 0.29) is 29.6 Å². The largest absolute Gasteiger partial charge is 0.461 e. The first-order chi connectivity index (χ1) is 26.0. The van der Waals surface area contributed by atoms with Crippen molar-refractivity contribution in [3.63, 3.8) is 0 Å². The Bertz CT molecular complexity index is 911. The van der Waals surface area contributed by atoms with E-state index >= 15 is 0 Å². The van der Waals surface area contributed by atoms with Crippen LogP contribution in [0.25, 0.3) is 0 Å². The van der Waals surface area contributed by atoms with E-state index in [9.17, 15) is 14.4 Å². The molecule has 1 amide bonds. The predicted octanol–water partition coefficient (Wildman–Crippen LogP) is 12.3. The highest BCUT2D eigenvalue weighted by Gasteiger charge is 2.23. The smallest absolute Gasteiger partial charge is 0.407 e. The Morgan fingerprint density at radius 2 is 1.07 bits per heavy atom. The molecule has 0 aliphatic rings. The fraction of sp³-hybridized carbons (Fsp3) is 0.848. The van der Waals surface area contributed by atoms with Crippen molar-refractivity contribution < 1.29 is 28.6 Å². The highest BCUT2D eigenvalue weighted by atomic mass is 16.6. The molecule has 0 aromatic rings. The summed E-state index contributed by atoms with van der Waals surface area (Å²) in [5.74, 6) is 0.309. The molecular weight excluding hydrogens is 677 g/mol. The maximum atomic E-state index is 12.9. The van der Waals surface area contributed by atoms with Crippen LogP contribution in [-0.4, -0.2) is 69.4 Å². The third-order valence-electron chi connectivity index (χ3n) is 9.84. The van der Waals surface area contributed by atoms with E-state index in [1.54, 1.807) is 0 Å². The fourth-order valence-electron chi connectivity index (χ4n) is 6.99. The third kappa shape index (κ3) is 36.6. The standard InChI is InChI=1S/C46H86N2O6/c1-8-10-12-14-16-24-30-36-52-43(49)34-28-22-18-20-26-32-42(54-45(51)47-40-46(4,5)38-41(3)39-48(6)7)33-27-21-19-23-29-35-44(50)53-37-31-25-17-15-13-11-9-2/h24-25,30-31,41-42H,8-23,26-29,32-40H2,1-7H3,(H,47,51)/b30-24-,31-25-. The molecule has 0 radical (unpaired) electrons. The summed E-state index contributed by atoms with van der Waals surface area (Å²) in [5, 5.41) is 3.06. The fourth-order valence-corrected chi connectivity index (χ4v) is 6.99. The third-order valence-corrected chi connectivity index (χ3v) is 9.84. The lowest BCUT2D eigenvalue weighted by Gasteiger charge is -2.30. The second-order valence-electron chi connectivity index (χ2n) is 16.7. The highest BCUT2D eigenvalue weighted by Crippen LogP contribution is 2.25. The summed E-state index contributed by atoms with van der Waals surface area (Å²) in [4.78, 5) is 39.3. The van der Waals surface area contributed by atoms with Crippen molar-refractivity contribution >= 4 is 18.0 Å². The van der Waals surface area contributed by atoms with Gasteiger partial charge in [0.25, 0.3) is 0 Å². The number of carbonyl (C=O) groups excluding carboxylic acids is 3. The number of amides is 1. The van der Waals surface area contributed by atoms with Crippen LogP contribution in [0.4, 0.5) is 4.79 Å². The van der Waals surface area contributed by atoms with Gasteiger partial charge >= 0.3 is 18.0 Å². The second-order valence-corrected chi connectivity index (χ2v) is 16.7. The normalized spacial score (nSPS) is 12.6. The second kappa shape index (κ2) is 36.3. The van der Waals surface area contributed by atoms with Gasteiger partial charge in [-0.05, 0) is 96.1 Å². The van der Waals surface area contributed by atoms with Gasteiger partial charge < -0.3 is 24.4 Å². The summed E-state index contributed by atoms with van der Waals surface area (Å²) >= 11 is 0. The van der Waals surface area contributed by atoms with Crippen molar-refractivity contribution in [2.24, 2.45) is 11.3 Å². The van der Waals surface area contributed by atoms with Crippen LogP contribution in [0.2, 0.25) is 0 Å². The van der Waals surface area contributed by atoms with Crippen molar-refractivity contribution in [1.29, 1.82) is 0 Å². The quantitative estimate of drug-likeness (QED) is 0.0291. The number of rotatable bonds is 37. The van der Waals surface area contributed by atoms with E-state index in [1.807, 2.05) is 12.2 Å². The zero-order valence-electron chi connectivity index (χ0n) is 36.4. The summed E-state index contributed by atoms with van der Waals surface area (Å²) in [5.41, 5.74) is -0.0159. The Morgan fingerprint density at radius 3 is 1.54 bits per heavy atom. The molecule has 0 aromatic heterocycles. The molecule has 0 saturated carbocycles. The van der Waals surface area contributed by atoms with Crippen LogP contribution in [0.1, 0.15) is 195 Å². The lowest BCUT2D eigenvalue weighted by Crippen LogP contribution is -2.37. The molecule has 0 fully saturated rings. The minimum absolute atomic E-state index is 0.0159. The molecule has 0 aromatic carbocycles. The molecule has 54 heavy (non-hydrogen) atoms. The Labute approximate surface area is 333 Å². The lowest BCUT2D eigenvalue weighted by atomic mass is 9.83. The van der Waals surface area contributed by atoms with Crippen LogP contribution in [-0.2, 0) is 23.8 Å². The molecule has 0 aliphatic carbocycles. The molecular formula is C46H86N2O6. The van der Waals surface area contributed by atoms with Gasteiger partial charge in [-0.2, -0.15) is 0 Å². The van der Waals surface area contributed by atoms with Crippen molar-refractivity contribution in [2.75, 3.05) is 40.4 Å². The van der Waals surface area contributed by atoms with Crippen molar-refractivity contribution in [3.05, 3.63) is 24.3 Å². The highest BCUT2D eigenvalue weighted by molar-refractivity contribution is 5.69. The topological polar surface area (TPSA) is 94.2 Å². The zero-order chi connectivity index (χ0) is 40.1. The molecule has 0 spiro atoms. The van der Waals surface area contributed by atoms with E-state index in [2.05, 4.69) is 71.1 Å². The lowest BCUT2D eigenvalue weighted by molar-refractivity contribution is -0.143. The van der Waals surface area contributed by atoms with Gasteiger partial charge in [-0.1, -0.05) is 136 Å². The summed E-state index contributed by atoms with van der Waals surface area (Å²) in [6, 6.07) is 0. The van der Waals surface area contributed by atoms with E-state index in [4.69, 9.17) is 14.2 Å². The molecule has 0 bridgehead atoms. The average molecular weight is 763 g/mol. The van der Waals surface area contributed by atoms with Crippen LogP contribution in [0.15, 0.2) is 24.3 Å². The molecule has 0 rings (SSSR count). The Morgan fingerprint density at radius 1 is 0.630 bits per heavy atom. The summed E-state index contributed by atoms with van der Waals surface area (Å²) < 4.78 is 16.7. The predicted molar refractivity (Wildman–Crippen MR) is 227 cm³/mol. The van der Waals surface area contributed by atoms with Crippen molar-refractivity contribution in [2.45, 2.75) is 201 Å². The van der Waals surface area contributed by atoms with Gasteiger partial charge in [0, 0.05) is 25.9 Å². The minimum Gasteiger partial charge on any atom is -0.461 e. The van der Waals surface area contributed by atoms with Crippen LogP contribution in [0, 0.1) is 11.3 Å². The van der Waals surface area contributed by atoms with Crippen LogP contribution >= 0.6 is 0 Å². The molecule has 1 N–H and O–H groups in total. The van der Waals surface area contributed by atoms with Gasteiger partial charge in [-0.3, -0.25) is 9.59 Å². The van der Waals surface area contributed by atoms with Crippen LogP contribution < -0.4 is 5.32 Å². The molecule has 8 nitrogen and oxygen atoms in total. The Balaban J connectivity index is 4.48. The number of ether oxygens (including phenoxy) is 3. The average Bonchev–Trinajstić information content (AvgIpc) is 3.11. The van der Waals surface area contributed by atoms with Gasteiger partial charge in [0.2, 0.25) is 0 Å². The molecule has 1 unspecified atom stereocenters. The number of hydrogen-bond donors (Lipinski definition) is 1. The summed E-state index contributed by atoms with van der Waals surface area (Å²) in [6.07, 6.45) is 33.4. The molecule has 316 valence electrons. The van der Waals surface area contributed by atoms with Crippen LogP contribution in [0.5, 0.6) is 0 Å². The minimum atomic E-state index is -0.317. The monoisotopic (exact) mass is 763 g/mol. The Hall–Kier alpha value is -2.35. The molecule has 1 atom stereocenters. The Kier molecular flexibility index (Phi) is 34.7. The van der Waals surface area contributed by atoms with Gasteiger partial charge in [0.1, 0.15) is 19.3 Å². The SMILES string of the molecule is CCCCCC/C=C\COC(=O)CCCCCCCC(CCCCCCCC(=O)OC/C=C\CCCCCC)OC(=O)NCC(C)(C)CC(C)CN(C)C. The van der Waals surface area contributed by atoms with Gasteiger partial charge in [-0.15, -0.1) is 0 Å². The molecule has 0 aliphatic heterocycles. The molecule has 8 heteroatoms. The molecule has 0 heterocycles. The number of nitrogens with one attached hydrogen (secondary N) is 1. The first-order valence-corrected chi connectivity index (χ1v) is 22.2. The van der Waals surface area contributed by atoms with Crippen molar-refractivity contribution in [1.82, 2.24) is 10.2 Å². The van der Waals surface area contributed by atoms with E-state index < -0.39 is 0 Å². The number of alkyl carbamates (subject to hydrolysis) is 1. The first-order valence-electron chi connectivity index (χ1n) is 22.2. The maximum Gasteiger partial charge on any atom is 0.407 e. The van der Waals surface area contributed by atoms with Crippen LogP contribution in [0.3, 0.4) is 0 Å². The number of hydrogen-bond acceptors (Lipinski definition) is 7. The van der Waals surface area contributed by atoms with Gasteiger partial charge in [0.05, 0.1) is 0 Å². The van der Waals surface area contributed by atoms with E-state index in [1.165, 1.54) is 51.4 Å². The maximum absolute atomic E-state index is 12.9. The first kappa shape index (κ1) is 51.6. The number of unbranched alkanes of at least 4 members (excludes halogenated alkanes) is 16. The number of nitrogens with zero attached hydrogens (tertiary/aromatic N) is 1. The van der Waals surface area contributed by atoms with Gasteiger partial charge in [0.15, 0.2) is 0 Å². The summed E-state index contributed by atoms with van der Waals surface area (Å²) in [7, 11) is 4.19. The van der Waals surface area contributed by atoms with Gasteiger partial charge in [-0.25, -0.2) is 4.79 Å². The number of carbonyl (C=O) groups is 3. The number of esters is 2. The molecule has 0 saturated heterocycles. The summed E-state index contributed by atoms with van der Waals surface area (Å²) in [6.45, 7) is 13.5. The van der Waals surface area contributed by atoms with E-state index in [0.717, 1.165) is 103 Å². The van der Waals surface area contributed by atoms with Crippen molar-refractivity contribution in [3.8, 4) is 0 Å². The zero-order valence-corrected chi connectivity index (χ0v) is 36.4.